The number of carbonyl (C=O) groups is 2. The molecule has 196 valence electrons. The third-order valence-corrected chi connectivity index (χ3v) is 8.94. The molecule has 2 amide bonds. The molecule has 37 heavy (non-hydrogen) atoms. The number of β-amino-alcohol motifs (C(OH)–C–C–N with tert-alkyl or cyclic N) is 1. The number of hydrogen-bond donors (Lipinski definition) is 2. The Bertz CT molecular complexity index is 1170. The maximum Gasteiger partial charge on any atom is 0.254 e. The van der Waals surface area contributed by atoms with Gasteiger partial charge < -0.3 is 20.2 Å². The van der Waals surface area contributed by atoms with Crippen molar-refractivity contribution in [1.82, 2.24) is 14.7 Å². The molecule has 0 unspecified atom stereocenters. The Kier molecular flexibility index (Phi) is 6.67. The van der Waals surface area contributed by atoms with Gasteiger partial charge in [-0.25, -0.2) is 0 Å². The van der Waals surface area contributed by atoms with E-state index in [2.05, 4.69) is 46.6 Å². The van der Waals surface area contributed by atoms with Crippen molar-refractivity contribution in [2.75, 3.05) is 38.0 Å². The lowest BCUT2D eigenvalue weighted by atomic mass is 9.75. The Labute approximate surface area is 219 Å². The number of amides is 2. The number of anilines is 1. The molecule has 7 heteroatoms. The summed E-state index contributed by atoms with van der Waals surface area (Å²) in [4.78, 5) is 31.6. The highest BCUT2D eigenvalue weighted by Crippen LogP contribution is 2.45. The molecule has 0 spiro atoms. The number of aliphatic hydroxyl groups is 1. The van der Waals surface area contributed by atoms with E-state index in [1.807, 2.05) is 15.9 Å². The van der Waals surface area contributed by atoms with Crippen molar-refractivity contribution in [2.24, 2.45) is 0 Å². The molecule has 0 aromatic heterocycles. The molecule has 5 aliphatic rings. The first kappa shape index (κ1) is 24.4. The van der Waals surface area contributed by atoms with Crippen LogP contribution in [0.15, 0.2) is 42.5 Å². The number of fused-ring (bicyclic) bond motifs is 2. The molecule has 2 aromatic carbocycles. The van der Waals surface area contributed by atoms with Crippen molar-refractivity contribution in [3.63, 3.8) is 0 Å². The van der Waals surface area contributed by atoms with Crippen molar-refractivity contribution in [1.29, 1.82) is 0 Å². The largest absolute Gasteiger partial charge is 0.390 e. The minimum atomic E-state index is -0.567. The second kappa shape index (κ2) is 10.1. The van der Waals surface area contributed by atoms with Gasteiger partial charge in [0.15, 0.2) is 0 Å². The fourth-order valence-corrected chi connectivity index (χ4v) is 6.70. The molecule has 2 N–H and O–H groups in total. The Balaban J connectivity index is 1.11. The number of nitrogens with one attached hydrogen (secondary N) is 1. The summed E-state index contributed by atoms with van der Waals surface area (Å²) < 4.78 is 0. The fraction of sp³-hybridized carbons (Fsp3) is 0.533. The first-order chi connectivity index (χ1) is 17.9. The second-order valence-corrected chi connectivity index (χ2v) is 11.4. The zero-order chi connectivity index (χ0) is 25.5. The van der Waals surface area contributed by atoms with Crippen LogP contribution in [-0.2, 0) is 17.8 Å². The van der Waals surface area contributed by atoms with Gasteiger partial charge in [-0.05, 0) is 66.8 Å². The number of nitrogens with zero attached hydrogens (tertiary/aromatic N) is 3. The highest BCUT2D eigenvalue weighted by molar-refractivity contribution is 5.98. The van der Waals surface area contributed by atoms with Gasteiger partial charge in [0.1, 0.15) is 0 Å². The number of hydrogen-bond acceptors (Lipinski definition) is 5. The topological polar surface area (TPSA) is 76.1 Å². The van der Waals surface area contributed by atoms with E-state index in [4.69, 9.17) is 0 Å². The summed E-state index contributed by atoms with van der Waals surface area (Å²) in [6.45, 7) is 5.94. The van der Waals surface area contributed by atoms with Crippen LogP contribution in [-0.4, -0.2) is 82.5 Å². The molecular formula is C30H38N4O3. The quantitative estimate of drug-likeness (QED) is 0.635. The van der Waals surface area contributed by atoms with Gasteiger partial charge in [-0.2, -0.15) is 0 Å². The average molecular weight is 503 g/mol. The van der Waals surface area contributed by atoms with E-state index in [0.29, 0.717) is 25.0 Å². The molecule has 1 atom stereocenters. The Morgan fingerprint density at radius 2 is 1.81 bits per heavy atom. The van der Waals surface area contributed by atoms with Crippen molar-refractivity contribution in [2.45, 2.75) is 69.7 Å². The molecule has 1 saturated carbocycles. The zero-order valence-corrected chi connectivity index (χ0v) is 21.7. The van der Waals surface area contributed by atoms with Crippen molar-refractivity contribution < 1.29 is 14.7 Å². The van der Waals surface area contributed by atoms with Crippen LogP contribution in [0.3, 0.4) is 0 Å². The van der Waals surface area contributed by atoms with Gasteiger partial charge in [0.25, 0.3) is 5.91 Å². The van der Waals surface area contributed by atoms with Gasteiger partial charge in [0, 0.05) is 69.5 Å². The van der Waals surface area contributed by atoms with Crippen LogP contribution >= 0.6 is 0 Å². The highest BCUT2D eigenvalue weighted by atomic mass is 16.3. The Morgan fingerprint density at radius 3 is 2.57 bits per heavy atom. The molecule has 4 heterocycles. The number of likely N-dealkylation sites (tertiary alicyclic amines) is 1. The summed E-state index contributed by atoms with van der Waals surface area (Å²) in [5.74, 6) is 0.621. The number of aliphatic hydroxyl groups excluding tert-OH is 1. The van der Waals surface area contributed by atoms with E-state index in [0.717, 1.165) is 75.1 Å². The molecule has 1 aliphatic carbocycles. The smallest absolute Gasteiger partial charge is 0.254 e. The van der Waals surface area contributed by atoms with E-state index in [1.165, 1.54) is 11.1 Å². The third kappa shape index (κ3) is 4.99. The van der Waals surface area contributed by atoms with Gasteiger partial charge in [0.2, 0.25) is 5.91 Å². The van der Waals surface area contributed by atoms with Gasteiger partial charge >= 0.3 is 0 Å². The fourth-order valence-electron chi connectivity index (χ4n) is 6.70. The van der Waals surface area contributed by atoms with Crippen molar-refractivity contribution in [3.8, 4) is 0 Å². The maximum atomic E-state index is 13.8. The number of piperidine rings is 1. The summed E-state index contributed by atoms with van der Waals surface area (Å²) in [7, 11) is 0. The predicted molar refractivity (Wildman–Crippen MR) is 144 cm³/mol. The predicted octanol–water partition coefficient (Wildman–Crippen LogP) is 3.23. The molecule has 2 aromatic rings. The lowest BCUT2D eigenvalue weighted by molar-refractivity contribution is -0.129. The summed E-state index contributed by atoms with van der Waals surface area (Å²) in [5, 5.41) is 14.7. The number of carbonyl (C=O) groups excluding carboxylic acids is 2. The van der Waals surface area contributed by atoms with E-state index >= 15 is 0 Å². The zero-order valence-electron chi connectivity index (χ0n) is 21.7. The molecule has 2 fully saturated rings. The summed E-state index contributed by atoms with van der Waals surface area (Å²) >= 11 is 0. The first-order valence-corrected chi connectivity index (χ1v) is 13.9. The van der Waals surface area contributed by atoms with Crippen LogP contribution in [0.2, 0.25) is 0 Å². The van der Waals surface area contributed by atoms with E-state index in [1.54, 1.807) is 6.92 Å². The molecular weight excluding hydrogens is 464 g/mol. The normalized spacial score (nSPS) is 24.5. The number of rotatable bonds is 6. The molecule has 1 saturated heterocycles. The van der Waals surface area contributed by atoms with E-state index < -0.39 is 6.10 Å². The second-order valence-electron chi connectivity index (χ2n) is 11.4. The van der Waals surface area contributed by atoms with Crippen LogP contribution in [0.4, 0.5) is 5.69 Å². The van der Waals surface area contributed by atoms with Crippen LogP contribution in [0.5, 0.6) is 0 Å². The van der Waals surface area contributed by atoms with Crippen molar-refractivity contribution in [3.05, 3.63) is 64.7 Å². The molecule has 0 radical (unpaired) electrons. The van der Waals surface area contributed by atoms with Crippen LogP contribution in [0, 0.1) is 0 Å². The average Bonchev–Trinajstić information content (AvgIpc) is 3.05. The highest BCUT2D eigenvalue weighted by Gasteiger charge is 2.43. The van der Waals surface area contributed by atoms with Crippen LogP contribution in [0.1, 0.15) is 65.6 Å². The van der Waals surface area contributed by atoms with Gasteiger partial charge in [0.05, 0.1) is 6.10 Å². The third-order valence-electron chi connectivity index (χ3n) is 8.94. The molecule has 4 aliphatic heterocycles. The van der Waals surface area contributed by atoms with E-state index in [-0.39, 0.29) is 17.9 Å². The molecule has 2 bridgehead atoms. The summed E-state index contributed by atoms with van der Waals surface area (Å²) in [6, 6.07) is 15.3. The van der Waals surface area contributed by atoms with Gasteiger partial charge in [-0.1, -0.05) is 30.3 Å². The van der Waals surface area contributed by atoms with E-state index in [9.17, 15) is 14.7 Å². The standard InChI is InChI=1S/C30H38N4O3/c1-20(35)33-12-9-24(10-13-33)31-25-6-7-28-23-14-26(15-23)34(30(37)29(28)16-25)19-27(36)18-32-11-8-21-4-2-3-5-22(21)17-32/h2-7,16,23-24,26-27,31,36H,8-15,17-19H2,1H3/t23?,26?,27-/m0/s1. The summed E-state index contributed by atoms with van der Waals surface area (Å²) in [6.07, 6.45) is 4.23. The molecule has 7 rings (SSSR count). The minimum Gasteiger partial charge on any atom is -0.390 e. The van der Waals surface area contributed by atoms with Gasteiger partial charge in [-0.3, -0.25) is 14.5 Å². The number of benzene rings is 2. The lowest BCUT2D eigenvalue weighted by Crippen LogP contribution is -2.49. The lowest BCUT2D eigenvalue weighted by Gasteiger charge is -2.41. The monoisotopic (exact) mass is 502 g/mol. The van der Waals surface area contributed by atoms with Crippen molar-refractivity contribution >= 4 is 17.5 Å². The van der Waals surface area contributed by atoms with Crippen LogP contribution in [0.25, 0.3) is 0 Å². The Morgan fingerprint density at radius 1 is 1.05 bits per heavy atom. The molecule has 7 nitrogen and oxygen atoms in total. The minimum absolute atomic E-state index is 0.0538. The SMILES string of the molecule is CC(=O)N1CCC(Nc2ccc3c(c2)C(=O)N(C[C@@H](O)CN2CCc4ccccc4C2)C2CC3C2)CC1. The summed E-state index contributed by atoms with van der Waals surface area (Å²) in [5.41, 5.74) is 5.66. The first-order valence-electron chi connectivity index (χ1n) is 13.9. The van der Waals surface area contributed by atoms with Gasteiger partial charge in [-0.15, -0.1) is 0 Å². The van der Waals surface area contributed by atoms with Crippen LogP contribution < -0.4 is 5.32 Å². The Hall–Kier alpha value is -2.90. The maximum absolute atomic E-state index is 13.8.